The van der Waals surface area contributed by atoms with E-state index < -0.39 is 16.8 Å². The maximum atomic E-state index is 13.5. The van der Waals surface area contributed by atoms with Gasteiger partial charge in [-0.15, -0.1) is 11.3 Å². The van der Waals surface area contributed by atoms with Crippen molar-refractivity contribution in [1.82, 2.24) is 9.13 Å². The second-order valence-corrected chi connectivity index (χ2v) is 10.3. The van der Waals surface area contributed by atoms with Gasteiger partial charge < -0.3 is 4.74 Å². The SMILES string of the molecule is Cc1c(Br)sc2c1c(=O)n(C(C)(C)C#N)c(=O)n2C[C@H](OC(C)C)c1ccccc1. The van der Waals surface area contributed by atoms with Crippen molar-refractivity contribution < 1.29 is 4.74 Å². The van der Waals surface area contributed by atoms with E-state index in [1.54, 1.807) is 18.4 Å². The summed E-state index contributed by atoms with van der Waals surface area (Å²) < 4.78 is 9.55. The van der Waals surface area contributed by atoms with Crippen LogP contribution in [-0.4, -0.2) is 15.2 Å². The summed E-state index contributed by atoms with van der Waals surface area (Å²) in [5.41, 5.74) is -0.543. The van der Waals surface area contributed by atoms with E-state index in [0.717, 1.165) is 19.5 Å². The summed E-state index contributed by atoms with van der Waals surface area (Å²) in [6, 6.07) is 11.8. The minimum Gasteiger partial charge on any atom is -0.369 e. The molecule has 0 radical (unpaired) electrons. The molecule has 0 aliphatic heterocycles. The van der Waals surface area contributed by atoms with Crippen LogP contribution in [0.2, 0.25) is 0 Å². The van der Waals surface area contributed by atoms with Crippen LogP contribution in [0.15, 0.2) is 43.7 Å². The molecule has 1 atom stereocenters. The standard InChI is InChI=1S/C22H24BrN3O3S/c1-13(2)29-16(15-9-7-6-8-10-15)11-25-20-17(14(3)18(23)30-20)19(27)26(21(25)28)22(4,5)12-24/h6-10,13,16H,11H2,1-5H3/t16-/m0/s1. The Hall–Kier alpha value is -2.21. The van der Waals surface area contributed by atoms with Crippen LogP contribution >= 0.6 is 27.3 Å². The monoisotopic (exact) mass is 489 g/mol. The topological polar surface area (TPSA) is 77.0 Å². The molecule has 0 bridgehead atoms. The molecule has 3 rings (SSSR count). The fourth-order valence-corrected chi connectivity index (χ4v) is 5.10. The van der Waals surface area contributed by atoms with E-state index in [4.69, 9.17) is 4.74 Å². The number of nitriles is 1. The third-order valence-electron chi connectivity index (χ3n) is 4.94. The van der Waals surface area contributed by atoms with E-state index in [1.807, 2.05) is 51.1 Å². The molecule has 0 spiro atoms. The third kappa shape index (κ3) is 4.02. The Morgan fingerprint density at radius 3 is 2.43 bits per heavy atom. The number of thiophene rings is 1. The molecule has 0 saturated carbocycles. The van der Waals surface area contributed by atoms with Gasteiger partial charge in [-0.25, -0.2) is 9.36 Å². The molecule has 0 aliphatic rings. The van der Waals surface area contributed by atoms with Crippen molar-refractivity contribution in [3.05, 3.63) is 66.1 Å². The summed E-state index contributed by atoms with van der Waals surface area (Å²) in [4.78, 5) is 27.3. The Labute approximate surface area is 187 Å². The van der Waals surface area contributed by atoms with Gasteiger partial charge in [-0.3, -0.25) is 9.36 Å². The molecule has 158 valence electrons. The van der Waals surface area contributed by atoms with Crippen LogP contribution in [0.1, 0.15) is 44.9 Å². The number of aryl methyl sites for hydroxylation is 1. The highest BCUT2D eigenvalue weighted by Crippen LogP contribution is 2.33. The first kappa shape index (κ1) is 22.5. The maximum Gasteiger partial charge on any atom is 0.333 e. The van der Waals surface area contributed by atoms with Gasteiger partial charge in [-0.05, 0) is 61.7 Å². The van der Waals surface area contributed by atoms with Gasteiger partial charge in [0.15, 0.2) is 0 Å². The largest absolute Gasteiger partial charge is 0.369 e. The molecule has 3 aromatic rings. The summed E-state index contributed by atoms with van der Waals surface area (Å²) in [5.74, 6) is 0. The molecule has 1 aromatic carbocycles. The van der Waals surface area contributed by atoms with Crippen LogP contribution in [0, 0.1) is 18.3 Å². The van der Waals surface area contributed by atoms with Crippen molar-refractivity contribution in [2.24, 2.45) is 0 Å². The molecule has 0 unspecified atom stereocenters. The van der Waals surface area contributed by atoms with E-state index >= 15 is 0 Å². The lowest BCUT2D eigenvalue weighted by Crippen LogP contribution is -2.48. The summed E-state index contributed by atoms with van der Waals surface area (Å²) in [6.45, 7) is 9.09. The number of aromatic nitrogens is 2. The molecular weight excluding hydrogens is 466 g/mol. The average Bonchev–Trinajstić information content (AvgIpc) is 2.99. The molecule has 2 aromatic heterocycles. The van der Waals surface area contributed by atoms with Gasteiger partial charge in [0.05, 0.1) is 27.9 Å². The Balaban J connectivity index is 2.32. The predicted octanol–water partition coefficient (Wildman–Crippen LogP) is 4.72. The van der Waals surface area contributed by atoms with Crippen LogP contribution in [-0.2, 0) is 16.8 Å². The van der Waals surface area contributed by atoms with Crippen LogP contribution in [0.5, 0.6) is 0 Å². The van der Waals surface area contributed by atoms with Gasteiger partial charge >= 0.3 is 5.69 Å². The number of hydrogen-bond acceptors (Lipinski definition) is 5. The number of hydrogen-bond donors (Lipinski definition) is 0. The summed E-state index contributed by atoms with van der Waals surface area (Å²) in [7, 11) is 0. The molecule has 0 aliphatic carbocycles. The number of nitrogens with zero attached hydrogens (tertiary/aromatic N) is 3. The normalized spacial score (nSPS) is 13.0. The first-order valence-corrected chi connectivity index (χ1v) is 11.3. The second-order valence-electron chi connectivity index (χ2n) is 7.97. The van der Waals surface area contributed by atoms with Gasteiger partial charge in [-0.2, -0.15) is 5.26 Å². The number of rotatable bonds is 6. The van der Waals surface area contributed by atoms with Crippen molar-refractivity contribution in [2.45, 2.75) is 58.9 Å². The Morgan fingerprint density at radius 1 is 1.23 bits per heavy atom. The Morgan fingerprint density at radius 2 is 1.87 bits per heavy atom. The van der Waals surface area contributed by atoms with Gasteiger partial charge in [0, 0.05) is 0 Å². The van der Waals surface area contributed by atoms with Crippen molar-refractivity contribution in [2.75, 3.05) is 0 Å². The molecule has 0 N–H and O–H groups in total. The lowest BCUT2D eigenvalue weighted by molar-refractivity contribution is -0.00350. The Bertz CT molecular complexity index is 1230. The second kappa shape index (κ2) is 8.50. The molecule has 0 fully saturated rings. The molecule has 6 nitrogen and oxygen atoms in total. The van der Waals surface area contributed by atoms with E-state index in [1.165, 1.54) is 11.3 Å². The van der Waals surface area contributed by atoms with Gasteiger partial charge in [0.25, 0.3) is 5.56 Å². The first-order valence-electron chi connectivity index (χ1n) is 9.65. The van der Waals surface area contributed by atoms with E-state index in [9.17, 15) is 14.9 Å². The molecule has 30 heavy (non-hydrogen) atoms. The van der Waals surface area contributed by atoms with Crippen molar-refractivity contribution in [3.8, 4) is 6.07 Å². The highest BCUT2D eigenvalue weighted by Gasteiger charge is 2.29. The highest BCUT2D eigenvalue weighted by molar-refractivity contribution is 9.11. The smallest absolute Gasteiger partial charge is 0.333 e. The third-order valence-corrected chi connectivity index (χ3v) is 7.13. The first-order chi connectivity index (χ1) is 14.1. The quantitative estimate of drug-likeness (QED) is 0.501. The van der Waals surface area contributed by atoms with Gasteiger partial charge in [0.2, 0.25) is 0 Å². The van der Waals surface area contributed by atoms with Crippen LogP contribution in [0.25, 0.3) is 10.2 Å². The zero-order valence-electron chi connectivity index (χ0n) is 17.6. The molecule has 8 heteroatoms. The minimum atomic E-state index is -1.29. The molecule has 0 amide bonds. The van der Waals surface area contributed by atoms with Gasteiger partial charge in [0.1, 0.15) is 16.5 Å². The number of benzene rings is 1. The van der Waals surface area contributed by atoms with E-state index in [0.29, 0.717) is 10.2 Å². The van der Waals surface area contributed by atoms with Crippen molar-refractivity contribution in [3.63, 3.8) is 0 Å². The van der Waals surface area contributed by atoms with Crippen molar-refractivity contribution >= 4 is 37.5 Å². The van der Waals surface area contributed by atoms with Crippen LogP contribution in [0.3, 0.4) is 0 Å². The van der Waals surface area contributed by atoms with E-state index in [-0.39, 0.29) is 18.8 Å². The fourth-order valence-electron chi connectivity index (χ4n) is 3.41. The zero-order valence-corrected chi connectivity index (χ0v) is 20.0. The number of halogens is 1. The van der Waals surface area contributed by atoms with Crippen LogP contribution in [0.4, 0.5) is 0 Å². The molecule has 0 saturated heterocycles. The Kier molecular flexibility index (Phi) is 6.37. The molecular formula is C22H24BrN3O3S. The van der Waals surface area contributed by atoms with E-state index in [2.05, 4.69) is 22.0 Å². The summed E-state index contributed by atoms with van der Waals surface area (Å²) >= 11 is 4.85. The number of ether oxygens (including phenoxy) is 1. The molecule has 2 heterocycles. The van der Waals surface area contributed by atoms with Gasteiger partial charge in [-0.1, -0.05) is 30.3 Å². The summed E-state index contributed by atoms with van der Waals surface area (Å²) in [5, 5.41) is 10.1. The fraction of sp³-hybridized carbons (Fsp3) is 0.409. The van der Waals surface area contributed by atoms with Crippen molar-refractivity contribution in [1.29, 1.82) is 5.26 Å². The lowest BCUT2D eigenvalue weighted by Gasteiger charge is -2.25. The number of fused-ring (bicyclic) bond motifs is 1. The zero-order chi connectivity index (χ0) is 22.2. The summed E-state index contributed by atoms with van der Waals surface area (Å²) in [6.07, 6.45) is -0.441. The lowest BCUT2D eigenvalue weighted by atomic mass is 10.1. The minimum absolute atomic E-state index is 0.0559. The predicted molar refractivity (Wildman–Crippen MR) is 123 cm³/mol. The average molecular weight is 490 g/mol. The maximum absolute atomic E-state index is 13.5. The highest BCUT2D eigenvalue weighted by atomic mass is 79.9. The van der Waals surface area contributed by atoms with Crippen LogP contribution < -0.4 is 11.2 Å².